The van der Waals surface area contributed by atoms with E-state index in [1.54, 1.807) is 7.05 Å². The molecule has 0 bridgehead atoms. The summed E-state index contributed by atoms with van der Waals surface area (Å²) >= 11 is 0. The Kier molecular flexibility index (Phi) is 3.86. The number of carbonyl (C=O) groups is 2. The van der Waals surface area contributed by atoms with Gasteiger partial charge in [0.2, 0.25) is 5.91 Å². The lowest BCUT2D eigenvalue weighted by molar-refractivity contribution is -0.121. The fourth-order valence-electron chi connectivity index (χ4n) is 2.11. The van der Waals surface area contributed by atoms with Gasteiger partial charge in [-0.3, -0.25) is 4.79 Å². The van der Waals surface area contributed by atoms with Gasteiger partial charge in [-0.1, -0.05) is 0 Å². The molecule has 0 aromatic heterocycles. The quantitative estimate of drug-likeness (QED) is 0.792. The Morgan fingerprint density at radius 3 is 2.47 bits per heavy atom. The molecule has 2 aliphatic rings. The van der Waals surface area contributed by atoms with Crippen LogP contribution >= 0.6 is 0 Å². The minimum atomic E-state index is -0.0413. The molecule has 1 heterocycles. The van der Waals surface area contributed by atoms with E-state index < -0.39 is 0 Å². The van der Waals surface area contributed by atoms with Gasteiger partial charge in [-0.15, -0.1) is 0 Å². The van der Waals surface area contributed by atoms with E-state index in [1.807, 2.05) is 4.90 Å². The van der Waals surface area contributed by atoms with Crippen molar-refractivity contribution >= 4 is 11.9 Å². The molecular formula is C12H21N3O2. The number of urea groups is 1. The van der Waals surface area contributed by atoms with Crippen molar-refractivity contribution in [2.45, 2.75) is 38.1 Å². The lowest BCUT2D eigenvalue weighted by Crippen LogP contribution is -2.47. The molecule has 1 N–H and O–H groups in total. The van der Waals surface area contributed by atoms with Gasteiger partial charge in [-0.25, -0.2) is 4.79 Å². The summed E-state index contributed by atoms with van der Waals surface area (Å²) in [6, 6.07) is 0.344. The molecular weight excluding hydrogens is 218 g/mol. The summed E-state index contributed by atoms with van der Waals surface area (Å²) in [4.78, 5) is 26.9. The van der Waals surface area contributed by atoms with Crippen molar-refractivity contribution in [3.05, 3.63) is 0 Å². The summed E-state index contributed by atoms with van der Waals surface area (Å²) in [6.45, 7) is 1.83. The first-order valence-corrected chi connectivity index (χ1v) is 6.46. The molecule has 0 aromatic rings. The van der Waals surface area contributed by atoms with Crippen molar-refractivity contribution in [3.8, 4) is 0 Å². The Balaban J connectivity index is 1.74. The topological polar surface area (TPSA) is 52.7 Å². The molecule has 0 unspecified atom stereocenters. The highest BCUT2D eigenvalue weighted by Gasteiger charge is 2.25. The van der Waals surface area contributed by atoms with Crippen LogP contribution in [0, 0.1) is 0 Å². The van der Waals surface area contributed by atoms with Crippen LogP contribution < -0.4 is 5.32 Å². The van der Waals surface area contributed by atoms with E-state index in [0.29, 0.717) is 6.04 Å². The number of likely N-dealkylation sites (tertiary alicyclic amines) is 1. The standard InChI is InChI=1S/C12H21N3O2/c1-14(9-11(16)13-10-5-6-10)12(17)15-7-3-2-4-8-15/h10H,2-9H2,1H3,(H,13,16). The van der Waals surface area contributed by atoms with Crippen LogP contribution in [-0.4, -0.2) is 54.5 Å². The van der Waals surface area contributed by atoms with Crippen LogP contribution in [0.3, 0.4) is 0 Å². The number of rotatable bonds is 3. The Hall–Kier alpha value is -1.26. The number of carbonyl (C=O) groups excluding carboxylic acids is 2. The maximum atomic E-state index is 12.0. The van der Waals surface area contributed by atoms with Gasteiger partial charge in [0, 0.05) is 26.2 Å². The highest BCUT2D eigenvalue weighted by molar-refractivity contribution is 5.84. The van der Waals surface area contributed by atoms with E-state index in [4.69, 9.17) is 0 Å². The van der Waals surface area contributed by atoms with Gasteiger partial charge in [0.05, 0.1) is 0 Å². The number of likely N-dealkylation sites (N-methyl/N-ethyl adjacent to an activating group) is 1. The molecule has 3 amide bonds. The summed E-state index contributed by atoms with van der Waals surface area (Å²) in [7, 11) is 1.70. The minimum Gasteiger partial charge on any atom is -0.352 e. The molecule has 0 atom stereocenters. The molecule has 17 heavy (non-hydrogen) atoms. The average molecular weight is 239 g/mol. The highest BCUT2D eigenvalue weighted by atomic mass is 16.2. The van der Waals surface area contributed by atoms with Crippen molar-refractivity contribution in [1.82, 2.24) is 15.1 Å². The smallest absolute Gasteiger partial charge is 0.320 e. The number of hydrogen-bond acceptors (Lipinski definition) is 2. The van der Waals surface area contributed by atoms with E-state index in [0.717, 1.165) is 38.8 Å². The Labute approximate surface area is 102 Å². The fourth-order valence-corrected chi connectivity index (χ4v) is 2.11. The first-order valence-electron chi connectivity index (χ1n) is 6.46. The largest absolute Gasteiger partial charge is 0.352 e. The third-order valence-electron chi connectivity index (χ3n) is 3.28. The zero-order valence-electron chi connectivity index (χ0n) is 10.4. The van der Waals surface area contributed by atoms with E-state index in [1.165, 1.54) is 11.3 Å². The van der Waals surface area contributed by atoms with Gasteiger partial charge < -0.3 is 15.1 Å². The van der Waals surface area contributed by atoms with E-state index in [-0.39, 0.29) is 18.5 Å². The van der Waals surface area contributed by atoms with Gasteiger partial charge in [-0.2, -0.15) is 0 Å². The molecule has 2 fully saturated rings. The van der Waals surface area contributed by atoms with Crippen molar-refractivity contribution in [1.29, 1.82) is 0 Å². The molecule has 1 aliphatic carbocycles. The van der Waals surface area contributed by atoms with Gasteiger partial charge in [0.15, 0.2) is 0 Å². The minimum absolute atomic E-state index is 0.0179. The average Bonchev–Trinajstić information content (AvgIpc) is 3.12. The third kappa shape index (κ3) is 3.61. The maximum absolute atomic E-state index is 12.0. The second-order valence-electron chi connectivity index (χ2n) is 5.03. The predicted molar refractivity (Wildman–Crippen MR) is 64.6 cm³/mol. The molecule has 2 rings (SSSR count). The van der Waals surface area contributed by atoms with E-state index in [2.05, 4.69) is 5.32 Å². The summed E-state index contributed by atoms with van der Waals surface area (Å²) < 4.78 is 0. The number of hydrogen-bond donors (Lipinski definition) is 1. The summed E-state index contributed by atoms with van der Waals surface area (Å²) in [5, 5.41) is 2.89. The van der Waals surface area contributed by atoms with Crippen molar-refractivity contribution in [3.63, 3.8) is 0 Å². The molecule has 5 nitrogen and oxygen atoms in total. The number of piperidine rings is 1. The van der Waals surface area contributed by atoms with Crippen LogP contribution in [0.5, 0.6) is 0 Å². The predicted octanol–water partition coefficient (Wildman–Crippen LogP) is 0.803. The summed E-state index contributed by atoms with van der Waals surface area (Å²) in [6.07, 6.45) is 5.52. The van der Waals surface area contributed by atoms with Gasteiger partial charge in [0.1, 0.15) is 6.54 Å². The monoisotopic (exact) mass is 239 g/mol. The zero-order chi connectivity index (χ0) is 12.3. The van der Waals surface area contributed by atoms with Crippen LogP contribution in [0.15, 0.2) is 0 Å². The fraction of sp³-hybridized carbons (Fsp3) is 0.833. The normalized spacial score (nSPS) is 19.9. The lowest BCUT2D eigenvalue weighted by Gasteiger charge is -2.30. The molecule has 0 spiro atoms. The third-order valence-corrected chi connectivity index (χ3v) is 3.28. The Morgan fingerprint density at radius 1 is 1.24 bits per heavy atom. The van der Waals surface area contributed by atoms with Gasteiger partial charge in [-0.05, 0) is 32.1 Å². The van der Waals surface area contributed by atoms with Crippen LogP contribution in [0.4, 0.5) is 4.79 Å². The van der Waals surface area contributed by atoms with Crippen molar-refractivity contribution < 1.29 is 9.59 Å². The van der Waals surface area contributed by atoms with Crippen LogP contribution in [0.25, 0.3) is 0 Å². The SMILES string of the molecule is CN(CC(=O)NC1CC1)C(=O)N1CCCCC1. The zero-order valence-corrected chi connectivity index (χ0v) is 10.4. The van der Waals surface area contributed by atoms with Crippen LogP contribution in [0.1, 0.15) is 32.1 Å². The first kappa shape index (κ1) is 12.2. The van der Waals surface area contributed by atoms with Crippen molar-refractivity contribution in [2.75, 3.05) is 26.7 Å². The first-order chi connectivity index (χ1) is 8.16. The molecule has 96 valence electrons. The second-order valence-corrected chi connectivity index (χ2v) is 5.03. The van der Waals surface area contributed by atoms with Gasteiger partial charge >= 0.3 is 6.03 Å². The van der Waals surface area contributed by atoms with Crippen LogP contribution in [-0.2, 0) is 4.79 Å². The maximum Gasteiger partial charge on any atom is 0.320 e. The molecule has 1 saturated carbocycles. The van der Waals surface area contributed by atoms with Crippen LogP contribution in [0.2, 0.25) is 0 Å². The van der Waals surface area contributed by atoms with Crippen molar-refractivity contribution in [2.24, 2.45) is 0 Å². The number of nitrogens with zero attached hydrogens (tertiary/aromatic N) is 2. The molecule has 1 saturated heterocycles. The number of amides is 3. The Morgan fingerprint density at radius 2 is 1.88 bits per heavy atom. The molecule has 1 aliphatic heterocycles. The molecule has 0 radical (unpaired) electrons. The Bertz CT molecular complexity index is 296. The van der Waals surface area contributed by atoms with E-state index >= 15 is 0 Å². The lowest BCUT2D eigenvalue weighted by atomic mass is 10.1. The summed E-state index contributed by atoms with van der Waals surface area (Å²) in [5.74, 6) is -0.0413. The second kappa shape index (κ2) is 5.38. The summed E-state index contributed by atoms with van der Waals surface area (Å²) in [5.41, 5.74) is 0. The van der Waals surface area contributed by atoms with E-state index in [9.17, 15) is 9.59 Å². The molecule has 5 heteroatoms. The highest BCUT2D eigenvalue weighted by Crippen LogP contribution is 2.18. The molecule has 0 aromatic carbocycles. The number of nitrogens with one attached hydrogen (secondary N) is 1. The van der Waals surface area contributed by atoms with Gasteiger partial charge in [0.25, 0.3) is 0 Å².